The van der Waals surface area contributed by atoms with Crippen molar-refractivity contribution in [1.82, 2.24) is 4.98 Å². The summed E-state index contributed by atoms with van der Waals surface area (Å²) in [5.74, 6) is 1.71. The molecule has 110 valence electrons. The maximum absolute atomic E-state index is 8.90. The minimum Gasteiger partial charge on any atom is -0.489 e. The molecule has 0 saturated heterocycles. The first-order chi connectivity index (χ1) is 10.7. The molecule has 0 unspecified atom stereocenters. The lowest BCUT2D eigenvalue weighted by atomic mass is 10.1. The van der Waals surface area contributed by atoms with Gasteiger partial charge in [-0.05, 0) is 29.8 Å². The van der Waals surface area contributed by atoms with Crippen LogP contribution in [0.3, 0.4) is 0 Å². The van der Waals surface area contributed by atoms with E-state index in [0.29, 0.717) is 12.2 Å². The van der Waals surface area contributed by atoms with E-state index in [1.165, 1.54) is 0 Å². The number of ether oxygens (including phenoxy) is 1. The van der Waals surface area contributed by atoms with Crippen LogP contribution in [0.5, 0.6) is 5.75 Å². The molecule has 0 fully saturated rings. The Kier molecular flexibility index (Phi) is 3.80. The second-order valence-electron chi connectivity index (χ2n) is 5.44. The van der Waals surface area contributed by atoms with Crippen molar-refractivity contribution in [2.75, 3.05) is 0 Å². The normalized spacial score (nSPS) is 10.8. The number of hydrogen-bond donors (Lipinski definition) is 0. The van der Waals surface area contributed by atoms with Crippen molar-refractivity contribution < 1.29 is 9.15 Å². The van der Waals surface area contributed by atoms with Crippen molar-refractivity contribution in [2.45, 2.75) is 26.4 Å². The predicted molar refractivity (Wildman–Crippen MR) is 83.6 cm³/mol. The molecule has 0 aliphatic heterocycles. The van der Waals surface area contributed by atoms with E-state index < -0.39 is 0 Å². The topological polar surface area (TPSA) is 59.0 Å². The number of nitrogens with zero attached hydrogens (tertiary/aromatic N) is 2. The Morgan fingerprint density at radius 2 is 2.09 bits per heavy atom. The van der Waals surface area contributed by atoms with Gasteiger partial charge in [-0.1, -0.05) is 26.0 Å². The summed E-state index contributed by atoms with van der Waals surface area (Å²) in [6.45, 7) is 4.50. The molecule has 0 bridgehead atoms. The molecular weight excluding hydrogens is 276 g/mol. The molecule has 0 radical (unpaired) electrons. The van der Waals surface area contributed by atoms with Gasteiger partial charge >= 0.3 is 0 Å². The van der Waals surface area contributed by atoms with Gasteiger partial charge in [-0.2, -0.15) is 5.26 Å². The summed E-state index contributed by atoms with van der Waals surface area (Å²) in [7, 11) is 0. The Balaban J connectivity index is 1.77. The van der Waals surface area contributed by atoms with Gasteiger partial charge in [0.15, 0.2) is 11.5 Å². The van der Waals surface area contributed by atoms with Gasteiger partial charge in [-0.15, -0.1) is 0 Å². The summed E-state index contributed by atoms with van der Waals surface area (Å²) in [4.78, 5) is 4.44. The van der Waals surface area contributed by atoms with Gasteiger partial charge in [0.25, 0.3) is 0 Å². The molecular formula is C18H16N2O2. The van der Waals surface area contributed by atoms with E-state index in [1.807, 2.05) is 50.2 Å². The summed E-state index contributed by atoms with van der Waals surface area (Å²) < 4.78 is 11.5. The van der Waals surface area contributed by atoms with E-state index in [2.05, 4.69) is 11.1 Å². The fourth-order valence-electron chi connectivity index (χ4n) is 2.16. The molecule has 3 rings (SSSR count). The minimum absolute atomic E-state index is 0.255. The van der Waals surface area contributed by atoms with Crippen LogP contribution in [-0.2, 0) is 6.61 Å². The summed E-state index contributed by atoms with van der Waals surface area (Å²) in [5.41, 5.74) is 3.16. The van der Waals surface area contributed by atoms with E-state index in [9.17, 15) is 0 Å². The number of benzene rings is 2. The van der Waals surface area contributed by atoms with E-state index >= 15 is 0 Å². The Hall–Kier alpha value is -2.80. The zero-order chi connectivity index (χ0) is 15.5. The van der Waals surface area contributed by atoms with Gasteiger partial charge in [-0.3, -0.25) is 0 Å². The van der Waals surface area contributed by atoms with Gasteiger partial charge in [0.1, 0.15) is 17.9 Å². The highest BCUT2D eigenvalue weighted by Gasteiger charge is 2.10. The largest absolute Gasteiger partial charge is 0.489 e. The SMILES string of the molecule is CC(C)c1nc2ccc(OCc3cccc(C#N)c3)cc2o1. The van der Waals surface area contributed by atoms with Crippen molar-refractivity contribution in [2.24, 2.45) is 0 Å². The fraction of sp³-hybridized carbons (Fsp3) is 0.222. The van der Waals surface area contributed by atoms with Crippen LogP contribution in [0.2, 0.25) is 0 Å². The van der Waals surface area contributed by atoms with Crippen LogP contribution in [0.1, 0.15) is 36.8 Å². The average Bonchev–Trinajstić information content (AvgIpc) is 2.96. The maximum atomic E-state index is 8.90. The number of aromatic nitrogens is 1. The molecule has 3 aromatic rings. The Morgan fingerprint density at radius 1 is 1.23 bits per heavy atom. The van der Waals surface area contributed by atoms with E-state index in [1.54, 1.807) is 6.07 Å². The van der Waals surface area contributed by atoms with E-state index in [4.69, 9.17) is 14.4 Å². The van der Waals surface area contributed by atoms with Crippen LogP contribution < -0.4 is 4.74 Å². The Morgan fingerprint density at radius 3 is 2.86 bits per heavy atom. The monoisotopic (exact) mass is 292 g/mol. The zero-order valence-corrected chi connectivity index (χ0v) is 12.5. The summed E-state index contributed by atoms with van der Waals surface area (Å²) in [6.07, 6.45) is 0. The first-order valence-corrected chi connectivity index (χ1v) is 7.18. The van der Waals surface area contributed by atoms with Gasteiger partial charge < -0.3 is 9.15 Å². The molecule has 22 heavy (non-hydrogen) atoms. The molecule has 0 aliphatic rings. The predicted octanol–water partition coefficient (Wildman–Crippen LogP) is 4.40. The Labute approximate surface area is 129 Å². The molecule has 0 N–H and O–H groups in total. The standard InChI is InChI=1S/C18H16N2O2/c1-12(2)18-20-16-7-6-15(9-17(16)22-18)21-11-14-5-3-4-13(8-14)10-19/h3-9,12H,11H2,1-2H3. The molecule has 4 heteroatoms. The quantitative estimate of drug-likeness (QED) is 0.715. The lowest BCUT2D eigenvalue weighted by Gasteiger charge is -2.06. The van der Waals surface area contributed by atoms with Crippen LogP contribution in [0.15, 0.2) is 46.9 Å². The maximum Gasteiger partial charge on any atom is 0.198 e. The van der Waals surface area contributed by atoms with Crippen molar-refractivity contribution in [3.05, 3.63) is 59.5 Å². The highest BCUT2D eigenvalue weighted by molar-refractivity contribution is 5.74. The number of oxazole rings is 1. The minimum atomic E-state index is 0.255. The molecule has 1 aromatic heterocycles. The molecule has 4 nitrogen and oxygen atoms in total. The third-order valence-electron chi connectivity index (χ3n) is 3.33. The molecule has 0 atom stereocenters. The molecule has 0 amide bonds. The first kappa shape index (κ1) is 14.2. The van der Waals surface area contributed by atoms with Crippen molar-refractivity contribution >= 4 is 11.1 Å². The van der Waals surface area contributed by atoms with Crippen molar-refractivity contribution in [1.29, 1.82) is 5.26 Å². The van der Waals surface area contributed by atoms with Gasteiger partial charge in [0.2, 0.25) is 0 Å². The van der Waals surface area contributed by atoms with Crippen LogP contribution in [0, 0.1) is 11.3 Å². The number of rotatable bonds is 4. The average molecular weight is 292 g/mol. The van der Waals surface area contributed by atoms with E-state index in [0.717, 1.165) is 28.3 Å². The Bertz CT molecular complexity index is 844. The van der Waals surface area contributed by atoms with Crippen LogP contribution in [0.4, 0.5) is 0 Å². The third kappa shape index (κ3) is 2.94. The van der Waals surface area contributed by atoms with Crippen molar-refractivity contribution in [3.63, 3.8) is 0 Å². The lowest BCUT2D eigenvalue weighted by molar-refractivity contribution is 0.306. The van der Waals surface area contributed by atoms with Crippen LogP contribution in [0.25, 0.3) is 11.1 Å². The lowest BCUT2D eigenvalue weighted by Crippen LogP contribution is -1.95. The van der Waals surface area contributed by atoms with Crippen LogP contribution >= 0.6 is 0 Å². The molecule has 1 heterocycles. The highest BCUT2D eigenvalue weighted by Crippen LogP contribution is 2.25. The number of hydrogen-bond acceptors (Lipinski definition) is 4. The summed E-state index contributed by atoms with van der Waals surface area (Å²) in [6, 6.07) is 15.1. The summed E-state index contributed by atoms with van der Waals surface area (Å²) >= 11 is 0. The fourth-order valence-corrected chi connectivity index (χ4v) is 2.16. The van der Waals surface area contributed by atoms with Gasteiger partial charge in [0.05, 0.1) is 11.6 Å². The zero-order valence-electron chi connectivity index (χ0n) is 12.5. The first-order valence-electron chi connectivity index (χ1n) is 7.18. The third-order valence-corrected chi connectivity index (χ3v) is 3.33. The number of nitriles is 1. The molecule has 0 saturated carbocycles. The summed E-state index contributed by atoms with van der Waals surface area (Å²) in [5, 5.41) is 8.90. The van der Waals surface area contributed by atoms with E-state index in [-0.39, 0.29) is 5.92 Å². The van der Waals surface area contributed by atoms with Gasteiger partial charge in [0, 0.05) is 12.0 Å². The molecule has 2 aromatic carbocycles. The van der Waals surface area contributed by atoms with Crippen LogP contribution in [-0.4, -0.2) is 4.98 Å². The van der Waals surface area contributed by atoms with Crippen molar-refractivity contribution in [3.8, 4) is 11.8 Å². The molecule has 0 spiro atoms. The molecule has 0 aliphatic carbocycles. The van der Waals surface area contributed by atoms with Gasteiger partial charge in [-0.25, -0.2) is 4.98 Å². The highest BCUT2D eigenvalue weighted by atomic mass is 16.5. The second kappa shape index (κ2) is 5.90. The number of fused-ring (bicyclic) bond motifs is 1. The second-order valence-corrected chi connectivity index (χ2v) is 5.44. The smallest absolute Gasteiger partial charge is 0.198 e.